The monoisotopic (exact) mass is 179 g/mol. The number of carboxylic acid groups (broad SMARTS) is 1. The molecule has 1 N–H and O–H groups in total. The van der Waals surface area contributed by atoms with Crippen molar-refractivity contribution in [2.75, 3.05) is 0 Å². The first-order valence-corrected chi connectivity index (χ1v) is 4.27. The van der Waals surface area contributed by atoms with Gasteiger partial charge >= 0.3 is 5.97 Å². The normalized spacial score (nSPS) is 38.2. The minimum atomic E-state index is -0.816. The van der Waals surface area contributed by atoms with E-state index in [1.807, 2.05) is 6.92 Å². The molecule has 1 aliphatic carbocycles. The Kier molecular flexibility index (Phi) is 2.17. The van der Waals surface area contributed by atoms with Crippen LogP contribution >= 0.6 is 0 Å². The zero-order valence-corrected chi connectivity index (χ0v) is 7.87. The van der Waals surface area contributed by atoms with Crippen molar-refractivity contribution >= 4 is 5.97 Å². The van der Waals surface area contributed by atoms with Gasteiger partial charge in [0.2, 0.25) is 0 Å². The molecular formula is C10H13NO2. The molecule has 0 heterocycles. The van der Waals surface area contributed by atoms with Crippen LogP contribution in [-0.2, 0) is 4.79 Å². The Hall–Kier alpha value is -1.30. The van der Waals surface area contributed by atoms with Crippen molar-refractivity contribution in [2.24, 2.45) is 10.8 Å². The van der Waals surface area contributed by atoms with Crippen LogP contribution < -0.4 is 0 Å². The summed E-state index contributed by atoms with van der Waals surface area (Å²) in [4.78, 5) is 10.8. The Morgan fingerprint density at radius 2 is 2.08 bits per heavy atom. The number of nitrogens with zero attached hydrogens (tertiary/aromatic N) is 1. The molecule has 0 saturated heterocycles. The van der Waals surface area contributed by atoms with Gasteiger partial charge in [-0.25, -0.2) is 0 Å². The Morgan fingerprint density at radius 3 is 2.38 bits per heavy atom. The average molecular weight is 179 g/mol. The summed E-state index contributed by atoms with van der Waals surface area (Å²) in [5.41, 5.74) is -1.26. The molecule has 0 aliphatic heterocycles. The molecule has 0 aromatic carbocycles. The fraction of sp³-hybridized carbons (Fsp3) is 0.600. The van der Waals surface area contributed by atoms with Crippen LogP contribution in [0.15, 0.2) is 12.2 Å². The van der Waals surface area contributed by atoms with Crippen LogP contribution in [0.5, 0.6) is 0 Å². The summed E-state index contributed by atoms with van der Waals surface area (Å²) in [5, 5.41) is 17.7. The number of rotatable bonds is 1. The number of carboxylic acids is 1. The lowest BCUT2D eigenvalue weighted by atomic mass is 9.71. The minimum absolute atomic E-state index is 0.477. The molecule has 0 radical (unpaired) electrons. The van der Waals surface area contributed by atoms with E-state index in [0.29, 0.717) is 12.8 Å². The molecule has 3 nitrogen and oxygen atoms in total. The maximum atomic E-state index is 10.8. The molecule has 0 amide bonds. The lowest BCUT2D eigenvalue weighted by Gasteiger charge is -2.30. The molecule has 0 spiro atoms. The van der Waals surface area contributed by atoms with Gasteiger partial charge in [0.05, 0.1) is 16.9 Å². The third kappa shape index (κ3) is 1.72. The lowest BCUT2D eigenvalue weighted by molar-refractivity contribution is -0.145. The van der Waals surface area contributed by atoms with Gasteiger partial charge in [-0.2, -0.15) is 5.26 Å². The number of hydrogen-bond donors (Lipinski definition) is 1. The first-order valence-electron chi connectivity index (χ1n) is 4.27. The molecule has 0 aromatic heterocycles. The van der Waals surface area contributed by atoms with Crippen LogP contribution in [-0.4, -0.2) is 11.1 Å². The predicted molar refractivity (Wildman–Crippen MR) is 47.8 cm³/mol. The summed E-state index contributed by atoms with van der Waals surface area (Å²) >= 11 is 0. The molecule has 70 valence electrons. The van der Waals surface area contributed by atoms with E-state index in [2.05, 4.69) is 6.07 Å². The summed E-state index contributed by atoms with van der Waals surface area (Å²) in [6.45, 7) is 3.51. The molecule has 0 aromatic rings. The van der Waals surface area contributed by atoms with E-state index in [1.165, 1.54) is 0 Å². The number of allylic oxidation sites excluding steroid dienone is 1. The fourth-order valence-electron chi connectivity index (χ4n) is 1.33. The first kappa shape index (κ1) is 9.79. The van der Waals surface area contributed by atoms with Crippen molar-refractivity contribution < 1.29 is 9.90 Å². The van der Waals surface area contributed by atoms with Gasteiger partial charge in [-0.1, -0.05) is 12.2 Å². The largest absolute Gasteiger partial charge is 0.481 e. The first-order chi connectivity index (χ1) is 5.92. The maximum absolute atomic E-state index is 10.8. The standard InChI is InChI=1S/C10H13NO2/c1-9(7-11)3-5-10(2,6-4-9)8(12)13/h3,5H,4,6H2,1-2H3,(H,12,13). The highest BCUT2D eigenvalue weighted by molar-refractivity contribution is 5.76. The molecule has 0 bridgehead atoms. The minimum Gasteiger partial charge on any atom is -0.481 e. The molecule has 2 unspecified atom stereocenters. The molecule has 1 rings (SSSR count). The summed E-state index contributed by atoms with van der Waals surface area (Å²) in [6.07, 6.45) is 4.50. The van der Waals surface area contributed by atoms with Crippen LogP contribution in [0.1, 0.15) is 26.7 Å². The fourth-order valence-corrected chi connectivity index (χ4v) is 1.33. The summed E-state index contributed by atoms with van der Waals surface area (Å²) < 4.78 is 0. The van der Waals surface area contributed by atoms with Crippen molar-refractivity contribution in [1.29, 1.82) is 5.26 Å². The Balaban J connectivity index is 2.91. The topological polar surface area (TPSA) is 61.1 Å². The number of hydrogen-bond acceptors (Lipinski definition) is 2. The van der Waals surface area contributed by atoms with E-state index in [9.17, 15) is 4.79 Å². The van der Waals surface area contributed by atoms with E-state index in [1.54, 1.807) is 19.1 Å². The van der Waals surface area contributed by atoms with Crippen LogP contribution in [0.3, 0.4) is 0 Å². The molecule has 0 fully saturated rings. The summed E-state index contributed by atoms with van der Waals surface area (Å²) in [7, 11) is 0. The highest BCUT2D eigenvalue weighted by atomic mass is 16.4. The Labute approximate surface area is 77.7 Å². The predicted octanol–water partition coefficient (Wildman–Crippen LogP) is 1.96. The molecule has 2 atom stereocenters. The quantitative estimate of drug-likeness (QED) is 0.626. The number of nitriles is 1. The van der Waals surface area contributed by atoms with E-state index < -0.39 is 16.8 Å². The van der Waals surface area contributed by atoms with E-state index in [4.69, 9.17) is 10.4 Å². The summed E-state index contributed by atoms with van der Waals surface area (Å²) in [6, 6.07) is 2.18. The maximum Gasteiger partial charge on any atom is 0.313 e. The molecule has 0 saturated carbocycles. The van der Waals surface area contributed by atoms with Crippen LogP contribution in [0.2, 0.25) is 0 Å². The second-order valence-electron chi connectivity index (χ2n) is 4.09. The third-order valence-corrected chi connectivity index (χ3v) is 2.73. The van der Waals surface area contributed by atoms with Crippen LogP contribution in [0.25, 0.3) is 0 Å². The van der Waals surface area contributed by atoms with Gasteiger partial charge in [0, 0.05) is 0 Å². The highest BCUT2D eigenvalue weighted by Crippen LogP contribution is 2.39. The average Bonchev–Trinajstić information content (AvgIpc) is 2.11. The molecular weight excluding hydrogens is 166 g/mol. The highest BCUT2D eigenvalue weighted by Gasteiger charge is 2.37. The van der Waals surface area contributed by atoms with E-state index in [-0.39, 0.29) is 0 Å². The van der Waals surface area contributed by atoms with Gasteiger partial charge in [-0.3, -0.25) is 4.79 Å². The van der Waals surface area contributed by atoms with Gasteiger partial charge in [0.15, 0.2) is 0 Å². The van der Waals surface area contributed by atoms with Crippen LogP contribution in [0, 0.1) is 22.2 Å². The van der Waals surface area contributed by atoms with Crippen molar-refractivity contribution in [3.8, 4) is 6.07 Å². The Bertz CT molecular complexity index is 303. The molecule has 13 heavy (non-hydrogen) atoms. The zero-order chi connectivity index (χ0) is 10.1. The second kappa shape index (κ2) is 2.88. The van der Waals surface area contributed by atoms with Crippen molar-refractivity contribution in [1.82, 2.24) is 0 Å². The lowest BCUT2D eigenvalue weighted by Crippen LogP contribution is -2.31. The van der Waals surface area contributed by atoms with Gasteiger partial charge in [0.25, 0.3) is 0 Å². The number of carbonyl (C=O) groups is 1. The zero-order valence-electron chi connectivity index (χ0n) is 7.87. The van der Waals surface area contributed by atoms with Crippen molar-refractivity contribution in [3.05, 3.63) is 12.2 Å². The smallest absolute Gasteiger partial charge is 0.313 e. The van der Waals surface area contributed by atoms with Gasteiger partial charge in [0.1, 0.15) is 0 Å². The van der Waals surface area contributed by atoms with Crippen molar-refractivity contribution in [3.63, 3.8) is 0 Å². The second-order valence-corrected chi connectivity index (χ2v) is 4.09. The van der Waals surface area contributed by atoms with Gasteiger partial charge in [-0.15, -0.1) is 0 Å². The van der Waals surface area contributed by atoms with Crippen molar-refractivity contribution in [2.45, 2.75) is 26.7 Å². The Morgan fingerprint density at radius 1 is 1.46 bits per heavy atom. The molecule has 3 heteroatoms. The van der Waals surface area contributed by atoms with E-state index in [0.717, 1.165) is 0 Å². The summed E-state index contributed by atoms with van der Waals surface area (Å²) in [5.74, 6) is -0.816. The number of aliphatic carboxylic acids is 1. The van der Waals surface area contributed by atoms with Crippen LogP contribution in [0.4, 0.5) is 0 Å². The molecule has 1 aliphatic rings. The van der Waals surface area contributed by atoms with Gasteiger partial charge < -0.3 is 5.11 Å². The van der Waals surface area contributed by atoms with Gasteiger partial charge in [-0.05, 0) is 26.7 Å². The SMILES string of the molecule is CC1(C#N)C=CC(C)(C(=O)O)CC1. The third-order valence-electron chi connectivity index (χ3n) is 2.73. The van der Waals surface area contributed by atoms with E-state index >= 15 is 0 Å².